The fourth-order valence-electron chi connectivity index (χ4n) is 4.42. The molecule has 2 aromatic carbocycles. The van der Waals surface area contributed by atoms with Crippen LogP contribution in [0.4, 0.5) is 11.4 Å². The molecule has 2 fully saturated rings. The highest BCUT2D eigenvalue weighted by Gasteiger charge is 2.57. The third kappa shape index (κ3) is 3.86. The zero-order chi connectivity index (χ0) is 18.7. The summed E-state index contributed by atoms with van der Waals surface area (Å²) < 4.78 is 0. The summed E-state index contributed by atoms with van der Waals surface area (Å²) in [6, 6.07) is 18.9. The van der Waals surface area contributed by atoms with Crippen molar-refractivity contribution in [2.75, 3.05) is 24.5 Å². The lowest BCUT2D eigenvalue weighted by Crippen LogP contribution is -2.33. The Labute approximate surface area is 162 Å². The second kappa shape index (κ2) is 7.73. The van der Waals surface area contributed by atoms with Crippen molar-refractivity contribution in [3.8, 4) is 0 Å². The number of amides is 1. The first-order valence-electron chi connectivity index (χ1n) is 10.1. The van der Waals surface area contributed by atoms with Gasteiger partial charge in [-0.05, 0) is 74.5 Å². The number of hydrogen-bond donors (Lipinski definition) is 2. The first-order valence-corrected chi connectivity index (χ1v) is 10.1. The zero-order valence-corrected chi connectivity index (χ0v) is 16.1. The van der Waals surface area contributed by atoms with Crippen LogP contribution in [0.2, 0.25) is 0 Å². The average Bonchev–Trinajstić information content (AvgIpc) is 3.42. The maximum absolute atomic E-state index is 12.5. The van der Waals surface area contributed by atoms with Crippen LogP contribution in [0.5, 0.6) is 0 Å². The van der Waals surface area contributed by atoms with Crippen LogP contribution >= 0.6 is 0 Å². The first kappa shape index (κ1) is 18.1. The Morgan fingerprint density at radius 1 is 1.07 bits per heavy atom. The molecular formula is C23H29N3O. The molecule has 1 aliphatic heterocycles. The number of carbonyl (C=O) groups excluding carboxylic acids is 1. The van der Waals surface area contributed by atoms with Gasteiger partial charge in [0.1, 0.15) is 0 Å². The van der Waals surface area contributed by atoms with E-state index < -0.39 is 0 Å². The van der Waals surface area contributed by atoms with E-state index in [9.17, 15) is 4.79 Å². The van der Waals surface area contributed by atoms with Gasteiger partial charge in [-0.2, -0.15) is 0 Å². The van der Waals surface area contributed by atoms with Crippen molar-refractivity contribution in [2.45, 2.75) is 32.7 Å². The van der Waals surface area contributed by atoms with E-state index in [1.165, 1.54) is 11.4 Å². The van der Waals surface area contributed by atoms with E-state index in [2.05, 4.69) is 71.0 Å². The van der Waals surface area contributed by atoms with E-state index in [0.29, 0.717) is 12.0 Å². The largest absolute Gasteiger partial charge is 0.352 e. The van der Waals surface area contributed by atoms with Crippen molar-refractivity contribution in [1.82, 2.24) is 10.6 Å². The Balaban J connectivity index is 1.34. The van der Waals surface area contributed by atoms with Crippen LogP contribution in [0.1, 0.15) is 31.7 Å². The molecule has 1 heterocycles. The molecule has 142 valence electrons. The van der Waals surface area contributed by atoms with Gasteiger partial charge in [-0.15, -0.1) is 0 Å². The van der Waals surface area contributed by atoms with Crippen LogP contribution < -0.4 is 15.5 Å². The van der Waals surface area contributed by atoms with E-state index in [0.717, 1.165) is 44.5 Å². The summed E-state index contributed by atoms with van der Waals surface area (Å²) in [5, 5.41) is 6.55. The van der Waals surface area contributed by atoms with Crippen molar-refractivity contribution >= 4 is 17.3 Å². The number of piperidine rings is 1. The second-order valence-corrected chi connectivity index (χ2v) is 7.83. The molecule has 4 rings (SSSR count). The highest BCUT2D eigenvalue weighted by atomic mass is 16.2. The molecule has 27 heavy (non-hydrogen) atoms. The standard InChI is InChI=1S/C23H29N3O/c1-2-26(19-6-4-3-5-7-19)20-10-8-18(9-11-20)17-25-22(27)21-16-23(21)12-14-24-15-13-23/h3-11,21,24H,2,12-17H2,1H3,(H,25,27). The molecule has 4 heteroatoms. The van der Waals surface area contributed by atoms with Crippen LogP contribution in [0.3, 0.4) is 0 Å². The van der Waals surface area contributed by atoms with Gasteiger partial charge in [0, 0.05) is 30.4 Å². The van der Waals surface area contributed by atoms with Gasteiger partial charge >= 0.3 is 0 Å². The van der Waals surface area contributed by atoms with Gasteiger partial charge < -0.3 is 15.5 Å². The lowest BCUT2D eigenvalue weighted by Gasteiger charge is -2.24. The molecule has 2 aromatic rings. The summed E-state index contributed by atoms with van der Waals surface area (Å²) in [6.45, 7) is 5.80. The molecule has 2 aliphatic rings. The number of benzene rings is 2. The topological polar surface area (TPSA) is 44.4 Å². The molecule has 0 radical (unpaired) electrons. The maximum Gasteiger partial charge on any atom is 0.223 e. The van der Waals surface area contributed by atoms with Gasteiger partial charge in [0.2, 0.25) is 5.91 Å². The van der Waals surface area contributed by atoms with E-state index in [-0.39, 0.29) is 11.8 Å². The summed E-state index contributed by atoms with van der Waals surface area (Å²) in [6.07, 6.45) is 3.36. The molecular weight excluding hydrogens is 334 g/mol. The molecule has 1 aliphatic carbocycles. The van der Waals surface area contributed by atoms with Gasteiger partial charge in [-0.1, -0.05) is 30.3 Å². The van der Waals surface area contributed by atoms with Crippen molar-refractivity contribution in [3.05, 3.63) is 60.2 Å². The van der Waals surface area contributed by atoms with E-state index in [1.54, 1.807) is 0 Å². The number of anilines is 2. The number of nitrogens with zero attached hydrogens (tertiary/aromatic N) is 1. The molecule has 1 unspecified atom stereocenters. The SMILES string of the molecule is CCN(c1ccccc1)c1ccc(CNC(=O)C2CC23CCNCC3)cc1. The van der Waals surface area contributed by atoms with Crippen LogP contribution in [0, 0.1) is 11.3 Å². The number of hydrogen-bond acceptors (Lipinski definition) is 3. The molecule has 1 atom stereocenters. The second-order valence-electron chi connectivity index (χ2n) is 7.83. The quantitative estimate of drug-likeness (QED) is 0.819. The Bertz CT molecular complexity index is 766. The third-order valence-corrected chi connectivity index (χ3v) is 6.20. The summed E-state index contributed by atoms with van der Waals surface area (Å²) in [7, 11) is 0. The smallest absolute Gasteiger partial charge is 0.223 e. The molecule has 0 aromatic heterocycles. The number of para-hydroxylation sites is 1. The number of nitrogens with one attached hydrogen (secondary N) is 2. The number of rotatable bonds is 6. The Morgan fingerprint density at radius 3 is 2.41 bits per heavy atom. The van der Waals surface area contributed by atoms with Crippen molar-refractivity contribution in [3.63, 3.8) is 0 Å². The molecule has 1 spiro atoms. The predicted molar refractivity (Wildman–Crippen MR) is 110 cm³/mol. The van der Waals surface area contributed by atoms with Crippen LogP contribution in [0.15, 0.2) is 54.6 Å². The minimum absolute atomic E-state index is 0.229. The highest BCUT2D eigenvalue weighted by molar-refractivity contribution is 5.82. The summed E-state index contributed by atoms with van der Waals surface area (Å²) in [4.78, 5) is 14.8. The van der Waals surface area contributed by atoms with Gasteiger partial charge in [-0.3, -0.25) is 4.79 Å². The van der Waals surface area contributed by atoms with E-state index in [4.69, 9.17) is 0 Å². The predicted octanol–water partition coefficient (Wildman–Crippen LogP) is 3.85. The third-order valence-electron chi connectivity index (χ3n) is 6.20. The molecule has 4 nitrogen and oxygen atoms in total. The Kier molecular flexibility index (Phi) is 5.17. The lowest BCUT2D eigenvalue weighted by atomic mass is 9.92. The number of carbonyl (C=O) groups is 1. The first-order chi connectivity index (χ1) is 13.2. The molecule has 2 N–H and O–H groups in total. The molecule has 1 saturated heterocycles. The van der Waals surface area contributed by atoms with E-state index >= 15 is 0 Å². The minimum atomic E-state index is 0.229. The zero-order valence-electron chi connectivity index (χ0n) is 16.1. The van der Waals surface area contributed by atoms with Crippen molar-refractivity contribution in [2.24, 2.45) is 11.3 Å². The Morgan fingerprint density at radius 2 is 1.74 bits per heavy atom. The van der Waals surface area contributed by atoms with Crippen LogP contribution in [-0.4, -0.2) is 25.5 Å². The highest BCUT2D eigenvalue weighted by Crippen LogP contribution is 2.58. The van der Waals surface area contributed by atoms with Gasteiger partial charge in [0.25, 0.3) is 0 Å². The van der Waals surface area contributed by atoms with Gasteiger partial charge in [0.05, 0.1) is 0 Å². The van der Waals surface area contributed by atoms with Crippen molar-refractivity contribution < 1.29 is 4.79 Å². The van der Waals surface area contributed by atoms with Crippen molar-refractivity contribution in [1.29, 1.82) is 0 Å². The normalized spacial score (nSPS) is 20.3. The summed E-state index contributed by atoms with van der Waals surface area (Å²) in [5.74, 6) is 0.466. The molecule has 1 amide bonds. The Hall–Kier alpha value is -2.33. The maximum atomic E-state index is 12.5. The van der Waals surface area contributed by atoms with Crippen LogP contribution in [0.25, 0.3) is 0 Å². The van der Waals surface area contributed by atoms with E-state index in [1.807, 2.05) is 6.07 Å². The average molecular weight is 364 g/mol. The lowest BCUT2D eigenvalue weighted by molar-refractivity contribution is -0.123. The molecule has 1 saturated carbocycles. The van der Waals surface area contributed by atoms with Gasteiger partial charge in [-0.25, -0.2) is 0 Å². The van der Waals surface area contributed by atoms with Crippen LogP contribution in [-0.2, 0) is 11.3 Å². The minimum Gasteiger partial charge on any atom is -0.352 e. The summed E-state index contributed by atoms with van der Waals surface area (Å²) >= 11 is 0. The fraction of sp³-hybridized carbons (Fsp3) is 0.435. The fourth-order valence-corrected chi connectivity index (χ4v) is 4.42. The molecule has 0 bridgehead atoms. The summed E-state index contributed by atoms with van der Waals surface area (Å²) in [5.41, 5.74) is 3.82. The van der Waals surface area contributed by atoms with Gasteiger partial charge in [0.15, 0.2) is 0 Å². The monoisotopic (exact) mass is 363 g/mol.